The summed E-state index contributed by atoms with van der Waals surface area (Å²) in [6, 6.07) is 0. The van der Waals surface area contributed by atoms with Crippen LogP contribution in [0.1, 0.15) is 27.2 Å². The van der Waals surface area contributed by atoms with E-state index in [2.05, 4.69) is 0 Å². The van der Waals surface area contributed by atoms with Crippen LogP contribution in [0.15, 0.2) is 15.8 Å². The molecule has 0 fully saturated rings. The van der Waals surface area contributed by atoms with Crippen LogP contribution in [0.25, 0.3) is 0 Å². The molecular formula is C11H19FN2O3. The van der Waals surface area contributed by atoms with Gasteiger partial charge in [-0.25, -0.2) is 4.79 Å². The molecule has 5 nitrogen and oxygen atoms in total. The Morgan fingerprint density at radius 2 is 2.06 bits per heavy atom. The van der Waals surface area contributed by atoms with Crippen molar-refractivity contribution in [2.75, 3.05) is 7.11 Å². The summed E-state index contributed by atoms with van der Waals surface area (Å²) in [4.78, 5) is 23.8. The molecule has 1 heterocycles. The van der Waals surface area contributed by atoms with Crippen molar-refractivity contribution in [3.8, 4) is 0 Å². The molecule has 1 rings (SSSR count). The van der Waals surface area contributed by atoms with Gasteiger partial charge < -0.3 is 4.74 Å². The van der Waals surface area contributed by atoms with E-state index in [1.54, 1.807) is 7.11 Å². The van der Waals surface area contributed by atoms with Gasteiger partial charge in [0, 0.05) is 13.7 Å². The summed E-state index contributed by atoms with van der Waals surface area (Å²) < 4.78 is 18.9. The number of aromatic amines is 1. The summed E-state index contributed by atoms with van der Waals surface area (Å²) in [7, 11) is 1.56. The fourth-order valence-electron chi connectivity index (χ4n) is 1.09. The zero-order chi connectivity index (χ0) is 13.4. The third-order valence-electron chi connectivity index (χ3n) is 2.15. The number of halogens is 1. The van der Waals surface area contributed by atoms with E-state index >= 15 is 0 Å². The summed E-state index contributed by atoms with van der Waals surface area (Å²) in [6.07, 6.45) is 1.46. The Morgan fingerprint density at radius 3 is 2.59 bits per heavy atom. The fourth-order valence-corrected chi connectivity index (χ4v) is 1.09. The van der Waals surface area contributed by atoms with Crippen LogP contribution in [0.2, 0.25) is 0 Å². The summed E-state index contributed by atoms with van der Waals surface area (Å²) in [6.45, 7) is 6.15. The van der Waals surface area contributed by atoms with Crippen LogP contribution in [0.5, 0.6) is 0 Å². The molecule has 98 valence electrons. The summed E-state index contributed by atoms with van der Waals surface area (Å²) in [5.74, 6) is -0.959. The van der Waals surface area contributed by atoms with Crippen molar-refractivity contribution in [1.29, 1.82) is 0 Å². The van der Waals surface area contributed by atoms with Crippen LogP contribution < -0.4 is 11.2 Å². The molecule has 0 aromatic carbocycles. The zero-order valence-electron chi connectivity index (χ0n) is 10.6. The molecule has 17 heavy (non-hydrogen) atoms. The van der Waals surface area contributed by atoms with Crippen LogP contribution in [0.3, 0.4) is 0 Å². The molecular weight excluding hydrogens is 227 g/mol. The van der Waals surface area contributed by atoms with E-state index in [0.717, 1.165) is 10.8 Å². The molecule has 0 radical (unpaired) electrons. The Bertz CT molecular complexity index is 439. The van der Waals surface area contributed by atoms with Crippen molar-refractivity contribution in [2.24, 2.45) is 0 Å². The van der Waals surface area contributed by atoms with Gasteiger partial charge in [0.1, 0.15) is 0 Å². The maximum absolute atomic E-state index is 12.8. The average molecular weight is 246 g/mol. The molecule has 0 spiro atoms. The average Bonchev–Trinajstić information content (AvgIpc) is 2.34. The third-order valence-corrected chi connectivity index (χ3v) is 2.15. The Balaban J connectivity index is 0.00000121. The normalized spacial score (nSPS) is 11.6. The number of hydrogen-bond donors (Lipinski definition) is 1. The van der Waals surface area contributed by atoms with Crippen LogP contribution in [0, 0.1) is 5.82 Å². The first-order chi connectivity index (χ1) is 8.04. The van der Waals surface area contributed by atoms with Gasteiger partial charge in [0.2, 0.25) is 5.82 Å². The number of nitrogens with one attached hydrogen (secondary N) is 1. The lowest BCUT2D eigenvalue weighted by atomic mass is 10.3. The van der Waals surface area contributed by atoms with E-state index in [1.165, 1.54) is 0 Å². The second kappa shape index (κ2) is 7.78. The number of rotatable bonds is 4. The van der Waals surface area contributed by atoms with Gasteiger partial charge in [-0.05, 0) is 13.3 Å². The van der Waals surface area contributed by atoms with Crippen LogP contribution in [-0.4, -0.2) is 22.8 Å². The highest BCUT2D eigenvalue weighted by Gasteiger charge is 2.05. The monoisotopic (exact) mass is 246 g/mol. The zero-order valence-corrected chi connectivity index (χ0v) is 10.6. The van der Waals surface area contributed by atoms with Crippen LogP contribution >= 0.6 is 0 Å². The lowest BCUT2D eigenvalue weighted by Gasteiger charge is -2.09. The lowest BCUT2D eigenvalue weighted by molar-refractivity contribution is 0.106. The van der Waals surface area contributed by atoms with E-state index in [4.69, 9.17) is 4.74 Å². The topological polar surface area (TPSA) is 64.1 Å². The predicted octanol–water partition coefficient (Wildman–Crippen LogP) is 1.13. The molecule has 0 saturated carbocycles. The number of ether oxygens (including phenoxy) is 1. The second-order valence-corrected chi connectivity index (χ2v) is 3.26. The Hall–Kier alpha value is -1.43. The molecule has 1 N–H and O–H groups in total. The summed E-state index contributed by atoms with van der Waals surface area (Å²) in [5.41, 5.74) is -1.60. The summed E-state index contributed by atoms with van der Waals surface area (Å²) in [5, 5.41) is 0. The molecule has 1 atom stereocenters. The van der Waals surface area contributed by atoms with Crippen molar-refractivity contribution >= 4 is 0 Å². The third kappa shape index (κ3) is 4.95. The maximum Gasteiger partial charge on any atom is 0.328 e. The van der Waals surface area contributed by atoms with E-state index in [9.17, 15) is 14.0 Å². The van der Waals surface area contributed by atoms with E-state index in [0.29, 0.717) is 13.0 Å². The fraction of sp³-hybridized carbons (Fsp3) is 0.636. The van der Waals surface area contributed by atoms with Crippen molar-refractivity contribution in [2.45, 2.75) is 39.8 Å². The quantitative estimate of drug-likeness (QED) is 0.866. The van der Waals surface area contributed by atoms with Crippen molar-refractivity contribution in [3.63, 3.8) is 0 Å². The van der Waals surface area contributed by atoms with Gasteiger partial charge in [-0.15, -0.1) is 0 Å². The molecule has 0 aliphatic rings. The highest BCUT2D eigenvalue weighted by atomic mass is 19.1. The first-order valence-electron chi connectivity index (χ1n) is 5.56. The smallest absolute Gasteiger partial charge is 0.328 e. The molecule has 0 amide bonds. The molecule has 1 aromatic rings. The first-order valence-corrected chi connectivity index (χ1v) is 5.56. The van der Waals surface area contributed by atoms with Gasteiger partial charge >= 0.3 is 5.69 Å². The lowest BCUT2D eigenvalue weighted by Crippen LogP contribution is -2.32. The number of aromatic nitrogens is 2. The van der Waals surface area contributed by atoms with Gasteiger partial charge in [0.05, 0.1) is 12.3 Å². The standard InChI is InChI=1S/C9H13FN2O3.C2H6/c1-6(15-2)3-4-12-5-7(10)8(13)11-9(12)14;1-2/h5-6H,3-4H2,1-2H3,(H,11,13,14);1-2H3. The van der Waals surface area contributed by atoms with Crippen LogP contribution in [-0.2, 0) is 11.3 Å². The van der Waals surface area contributed by atoms with Crippen LogP contribution in [0.4, 0.5) is 4.39 Å². The minimum Gasteiger partial charge on any atom is -0.382 e. The largest absolute Gasteiger partial charge is 0.382 e. The van der Waals surface area contributed by atoms with Gasteiger partial charge in [-0.3, -0.25) is 14.3 Å². The first kappa shape index (κ1) is 15.6. The van der Waals surface area contributed by atoms with Gasteiger partial charge in [-0.1, -0.05) is 13.8 Å². The molecule has 6 heteroatoms. The number of hydrogen-bond acceptors (Lipinski definition) is 3. The van der Waals surface area contributed by atoms with E-state index in [-0.39, 0.29) is 6.10 Å². The van der Waals surface area contributed by atoms with Crippen molar-refractivity contribution in [1.82, 2.24) is 9.55 Å². The number of methoxy groups -OCH3 is 1. The second-order valence-electron chi connectivity index (χ2n) is 3.26. The Kier molecular flexibility index (Phi) is 7.13. The highest BCUT2D eigenvalue weighted by molar-refractivity contribution is 4.87. The Morgan fingerprint density at radius 1 is 1.47 bits per heavy atom. The Labute approximate surface area is 99.2 Å². The predicted molar refractivity (Wildman–Crippen MR) is 63.7 cm³/mol. The minimum atomic E-state index is -0.990. The molecule has 1 unspecified atom stereocenters. The molecule has 1 aromatic heterocycles. The highest BCUT2D eigenvalue weighted by Crippen LogP contribution is 1.97. The number of H-pyrrole nitrogens is 1. The maximum atomic E-state index is 12.8. The van der Waals surface area contributed by atoms with Gasteiger partial charge in [-0.2, -0.15) is 4.39 Å². The molecule has 0 aliphatic carbocycles. The van der Waals surface area contributed by atoms with Gasteiger partial charge in [0.15, 0.2) is 0 Å². The molecule has 0 saturated heterocycles. The summed E-state index contributed by atoms with van der Waals surface area (Å²) >= 11 is 0. The number of nitrogens with zero attached hydrogens (tertiary/aromatic N) is 1. The van der Waals surface area contributed by atoms with E-state index < -0.39 is 17.1 Å². The van der Waals surface area contributed by atoms with Gasteiger partial charge in [0.25, 0.3) is 5.56 Å². The minimum absolute atomic E-state index is 0.0214. The molecule has 0 aliphatic heterocycles. The number of aryl methyl sites for hydroxylation is 1. The van der Waals surface area contributed by atoms with Crippen molar-refractivity contribution < 1.29 is 9.13 Å². The molecule has 0 bridgehead atoms. The van der Waals surface area contributed by atoms with E-state index in [1.807, 2.05) is 25.8 Å². The van der Waals surface area contributed by atoms with Crippen molar-refractivity contribution in [3.05, 3.63) is 32.9 Å². The SMILES string of the molecule is CC.COC(C)CCn1cc(F)c(=O)[nH]c1=O.